The largest absolute Gasteiger partial charge is 0.496 e. The molecule has 0 amide bonds. The van der Waals surface area contributed by atoms with Crippen LogP contribution in [-0.4, -0.2) is 18.0 Å². The molecule has 0 fully saturated rings. The summed E-state index contributed by atoms with van der Waals surface area (Å²) in [7, 11) is 1.53. The number of methoxy groups -OCH3 is 1. The molecule has 4 heteroatoms. The molecular weight excluding hydrogens is 240 g/mol. The van der Waals surface area contributed by atoms with Gasteiger partial charge in [-0.3, -0.25) is 4.79 Å². The van der Waals surface area contributed by atoms with Gasteiger partial charge in [0.25, 0.3) is 0 Å². The normalized spacial score (nSPS) is 11.4. The van der Waals surface area contributed by atoms with E-state index < -0.39 is 5.60 Å². The SMILES string of the molecule is COc1cc(Cl)c(C(C)(C)O)cc1CC(C)=O. The molecule has 0 aliphatic rings. The highest BCUT2D eigenvalue weighted by Gasteiger charge is 2.22. The van der Waals surface area contributed by atoms with E-state index in [0.717, 1.165) is 5.56 Å². The molecule has 0 aromatic heterocycles. The number of rotatable bonds is 4. The number of ether oxygens (including phenoxy) is 1. The van der Waals surface area contributed by atoms with Gasteiger partial charge in [-0.1, -0.05) is 11.6 Å². The number of carbonyl (C=O) groups is 1. The van der Waals surface area contributed by atoms with Gasteiger partial charge in [0.1, 0.15) is 11.5 Å². The summed E-state index contributed by atoms with van der Waals surface area (Å²) in [4.78, 5) is 11.2. The van der Waals surface area contributed by atoms with Gasteiger partial charge in [-0.05, 0) is 32.9 Å². The molecule has 0 aliphatic carbocycles. The van der Waals surface area contributed by atoms with E-state index in [9.17, 15) is 9.90 Å². The van der Waals surface area contributed by atoms with E-state index in [1.807, 2.05) is 0 Å². The van der Waals surface area contributed by atoms with Gasteiger partial charge in [0.2, 0.25) is 0 Å². The fourth-order valence-electron chi connectivity index (χ4n) is 1.67. The lowest BCUT2D eigenvalue weighted by Crippen LogP contribution is -2.17. The average molecular weight is 257 g/mol. The highest BCUT2D eigenvalue weighted by Crippen LogP contribution is 2.33. The molecule has 0 heterocycles. The summed E-state index contributed by atoms with van der Waals surface area (Å²) < 4.78 is 5.18. The summed E-state index contributed by atoms with van der Waals surface area (Å²) in [5, 5.41) is 10.4. The molecule has 0 bridgehead atoms. The topological polar surface area (TPSA) is 46.5 Å². The molecule has 0 saturated heterocycles. The molecule has 3 nitrogen and oxygen atoms in total. The highest BCUT2D eigenvalue weighted by atomic mass is 35.5. The Kier molecular flexibility index (Phi) is 4.17. The molecule has 0 atom stereocenters. The third-order valence-electron chi connectivity index (χ3n) is 2.47. The summed E-state index contributed by atoms with van der Waals surface area (Å²) in [5.74, 6) is 0.602. The minimum Gasteiger partial charge on any atom is -0.496 e. The zero-order valence-corrected chi connectivity index (χ0v) is 11.3. The lowest BCUT2D eigenvalue weighted by molar-refractivity contribution is -0.116. The first kappa shape index (κ1) is 14.0. The van der Waals surface area contributed by atoms with Crippen LogP contribution in [0.5, 0.6) is 5.75 Å². The summed E-state index contributed by atoms with van der Waals surface area (Å²) in [6.45, 7) is 4.81. The van der Waals surface area contributed by atoms with Crippen molar-refractivity contribution in [3.8, 4) is 5.75 Å². The molecule has 1 rings (SSSR count). The van der Waals surface area contributed by atoms with Crippen LogP contribution in [0.1, 0.15) is 31.9 Å². The van der Waals surface area contributed by atoms with Gasteiger partial charge in [-0.2, -0.15) is 0 Å². The Labute approximate surface area is 106 Å². The number of halogens is 1. The number of aliphatic hydroxyl groups is 1. The summed E-state index contributed by atoms with van der Waals surface area (Å²) in [6.07, 6.45) is 0.267. The minimum atomic E-state index is -1.05. The maximum Gasteiger partial charge on any atom is 0.134 e. The van der Waals surface area contributed by atoms with Crippen molar-refractivity contribution in [1.82, 2.24) is 0 Å². The van der Waals surface area contributed by atoms with Crippen LogP contribution < -0.4 is 4.74 Å². The highest BCUT2D eigenvalue weighted by molar-refractivity contribution is 6.31. The smallest absolute Gasteiger partial charge is 0.134 e. The fourth-order valence-corrected chi connectivity index (χ4v) is 2.05. The van der Waals surface area contributed by atoms with Crippen LogP contribution in [0.3, 0.4) is 0 Å². The van der Waals surface area contributed by atoms with Crippen molar-refractivity contribution >= 4 is 17.4 Å². The van der Waals surface area contributed by atoms with Gasteiger partial charge in [0.05, 0.1) is 17.7 Å². The van der Waals surface area contributed by atoms with Crippen molar-refractivity contribution < 1.29 is 14.6 Å². The van der Waals surface area contributed by atoms with Crippen LogP contribution in [0, 0.1) is 0 Å². The van der Waals surface area contributed by atoms with E-state index in [1.54, 1.807) is 26.0 Å². The zero-order valence-electron chi connectivity index (χ0n) is 10.5. The average Bonchev–Trinajstić information content (AvgIpc) is 2.17. The minimum absolute atomic E-state index is 0.0346. The molecule has 17 heavy (non-hydrogen) atoms. The van der Waals surface area contributed by atoms with Crippen molar-refractivity contribution in [3.63, 3.8) is 0 Å². The predicted octanol–water partition coefficient (Wildman–Crippen LogP) is 2.71. The number of hydrogen-bond acceptors (Lipinski definition) is 3. The molecule has 0 saturated carbocycles. The third kappa shape index (κ3) is 3.45. The molecule has 1 aromatic carbocycles. The number of hydrogen-bond donors (Lipinski definition) is 1. The van der Waals surface area contributed by atoms with Gasteiger partial charge in [0.15, 0.2) is 0 Å². The molecule has 94 valence electrons. The van der Waals surface area contributed by atoms with Crippen LogP contribution in [0.2, 0.25) is 5.02 Å². The number of carbonyl (C=O) groups excluding carboxylic acids is 1. The molecule has 0 aliphatic heterocycles. The monoisotopic (exact) mass is 256 g/mol. The van der Waals surface area contributed by atoms with E-state index in [2.05, 4.69) is 0 Å². The van der Waals surface area contributed by atoms with E-state index in [1.165, 1.54) is 14.0 Å². The molecule has 1 N–H and O–H groups in total. The zero-order chi connectivity index (χ0) is 13.2. The van der Waals surface area contributed by atoms with Gasteiger partial charge in [-0.25, -0.2) is 0 Å². The van der Waals surface area contributed by atoms with Crippen LogP contribution >= 0.6 is 11.6 Å². The number of Topliss-reactive ketones (excluding diaryl/α,β-unsaturated/α-hetero) is 1. The molecule has 1 aromatic rings. The second kappa shape index (κ2) is 5.07. The molecule has 0 unspecified atom stereocenters. The van der Waals surface area contributed by atoms with Crippen LogP contribution in [-0.2, 0) is 16.8 Å². The van der Waals surface area contributed by atoms with Crippen molar-refractivity contribution in [3.05, 3.63) is 28.3 Å². The van der Waals surface area contributed by atoms with E-state index in [0.29, 0.717) is 16.3 Å². The third-order valence-corrected chi connectivity index (χ3v) is 2.78. The van der Waals surface area contributed by atoms with Gasteiger partial charge < -0.3 is 9.84 Å². The van der Waals surface area contributed by atoms with Crippen molar-refractivity contribution in [2.45, 2.75) is 32.8 Å². The lowest BCUT2D eigenvalue weighted by atomic mass is 9.94. The Balaban J connectivity index is 3.32. The first-order chi connectivity index (χ1) is 7.75. The molecular formula is C13H17ClO3. The van der Waals surface area contributed by atoms with Crippen LogP contribution in [0.15, 0.2) is 12.1 Å². The van der Waals surface area contributed by atoms with E-state index in [4.69, 9.17) is 16.3 Å². The van der Waals surface area contributed by atoms with Gasteiger partial charge in [-0.15, -0.1) is 0 Å². The Bertz CT molecular complexity index is 433. The van der Waals surface area contributed by atoms with Crippen molar-refractivity contribution in [1.29, 1.82) is 0 Å². The van der Waals surface area contributed by atoms with Gasteiger partial charge in [0, 0.05) is 17.5 Å². The second-order valence-corrected chi connectivity index (χ2v) is 4.99. The van der Waals surface area contributed by atoms with E-state index >= 15 is 0 Å². The predicted molar refractivity (Wildman–Crippen MR) is 67.6 cm³/mol. The second-order valence-electron chi connectivity index (χ2n) is 4.58. The maximum atomic E-state index is 11.2. The fraction of sp³-hybridized carbons (Fsp3) is 0.462. The van der Waals surface area contributed by atoms with Crippen LogP contribution in [0.4, 0.5) is 0 Å². The van der Waals surface area contributed by atoms with Crippen LogP contribution in [0.25, 0.3) is 0 Å². The Morgan fingerprint density at radius 3 is 2.47 bits per heavy atom. The molecule has 0 spiro atoms. The Hall–Kier alpha value is -1.06. The Morgan fingerprint density at radius 1 is 1.47 bits per heavy atom. The standard InChI is InChI=1S/C13H17ClO3/c1-8(15)5-9-6-10(13(2,3)16)11(14)7-12(9)17-4/h6-7,16H,5H2,1-4H3. The quantitative estimate of drug-likeness (QED) is 0.901. The number of ketones is 1. The summed E-state index contributed by atoms with van der Waals surface area (Å²) in [5.41, 5.74) is 0.285. The first-order valence-electron chi connectivity index (χ1n) is 5.34. The molecule has 0 radical (unpaired) electrons. The lowest BCUT2D eigenvalue weighted by Gasteiger charge is -2.21. The Morgan fingerprint density at radius 2 is 2.06 bits per heavy atom. The first-order valence-corrected chi connectivity index (χ1v) is 5.72. The van der Waals surface area contributed by atoms with E-state index in [-0.39, 0.29) is 12.2 Å². The summed E-state index contributed by atoms with van der Waals surface area (Å²) >= 11 is 6.08. The van der Waals surface area contributed by atoms with Gasteiger partial charge >= 0.3 is 0 Å². The van der Waals surface area contributed by atoms with Crippen molar-refractivity contribution in [2.75, 3.05) is 7.11 Å². The van der Waals surface area contributed by atoms with Crippen molar-refractivity contribution in [2.24, 2.45) is 0 Å². The summed E-state index contributed by atoms with van der Waals surface area (Å²) in [6, 6.07) is 3.36. The maximum absolute atomic E-state index is 11.2. The number of benzene rings is 1.